The standard InChI is InChI=1S/C16H14O4.2C11H12O4/c17-15(13-7-3-1-4-8-13)19-11-12-20-16(18)14-9-5-2-6-10-14;2*1-9(12)14-7-8-15-11(13)10-5-3-2-4-6-10/h1-10H,11-12H2;2*2-6H,7-8H2,1H3. The quantitative estimate of drug-likeness (QED) is 0.0988. The van der Waals surface area contributed by atoms with Crippen molar-refractivity contribution >= 4 is 35.8 Å². The molecule has 0 saturated heterocycles. The molecular formula is C38H38O12. The van der Waals surface area contributed by atoms with Crippen LogP contribution in [-0.2, 0) is 38.0 Å². The van der Waals surface area contributed by atoms with Gasteiger partial charge in [0.2, 0.25) is 0 Å². The highest BCUT2D eigenvalue weighted by atomic mass is 16.6. The van der Waals surface area contributed by atoms with Crippen molar-refractivity contribution in [2.24, 2.45) is 0 Å². The van der Waals surface area contributed by atoms with E-state index in [1.54, 1.807) is 97.1 Å². The fourth-order valence-corrected chi connectivity index (χ4v) is 3.54. The van der Waals surface area contributed by atoms with Gasteiger partial charge in [-0.1, -0.05) is 72.8 Å². The van der Waals surface area contributed by atoms with Gasteiger partial charge in [0.25, 0.3) is 0 Å². The van der Waals surface area contributed by atoms with Gasteiger partial charge in [-0.05, 0) is 48.5 Å². The first-order valence-corrected chi connectivity index (χ1v) is 15.3. The van der Waals surface area contributed by atoms with Crippen LogP contribution in [0.2, 0.25) is 0 Å². The summed E-state index contributed by atoms with van der Waals surface area (Å²) in [6.07, 6.45) is 0. The van der Waals surface area contributed by atoms with Crippen molar-refractivity contribution in [1.82, 2.24) is 0 Å². The van der Waals surface area contributed by atoms with Crippen LogP contribution in [0.15, 0.2) is 121 Å². The Hall–Kier alpha value is -6.30. The van der Waals surface area contributed by atoms with Crippen molar-refractivity contribution in [3.05, 3.63) is 144 Å². The number of carbonyl (C=O) groups excluding carboxylic acids is 6. The average Bonchev–Trinajstić information content (AvgIpc) is 3.15. The average molecular weight is 687 g/mol. The van der Waals surface area contributed by atoms with E-state index in [4.69, 9.17) is 18.9 Å². The highest BCUT2D eigenvalue weighted by Gasteiger charge is 2.09. The van der Waals surface area contributed by atoms with Crippen molar-refractivity contribution in [3.63, 3.8) is 0 Å². The largest absolute Gasteiger partial charge is 0.462 e. The van der Waals surface area contributed by atoms with Crippen molar-refractivity contribution in [2.45, 2.75) is 13.8 Å². The number of rotatable bonds is 13. The molecule has 12 heteroatoms. The van der Waals surface area contributed by atoms with Crippen LogP contribution in [0.1, 0.15) is 55.3 Å². The van der Waals surface area contributed by atoms with Crippen LogP contribution in [0.25, 0.3) is 0 Å². The normalized spacial score (nSPS) is 9.56. The van der Waals surface area contributed by atoms with Crippen LogP contribution < -0.4 is 0 Å². The Morgan fingerprint density at radius 3 is 0.680 bits per heavy atom. The minimum atomic E-state index is -0.429. The van der Waals surface area contributed by atoms with E-state index in [1.807, 2.05) is 24.3 Å². The maximum absolute atomic E-state index is 11.6. The highest BCUT2D eigenvalue weighted by molar-refractivity contribution is 5.90. The van der Waals surface area contributed by atoms with Gasteiger partial charge in [-0.15, -0.1) is 0 Å². The summed E-state index contributed by atoms with van der Waals surface area (Å²) in [6.45, 7) is 3.01. The van der Waals surface area contributed by atoms with E-state index in [-0.39, 0.29) is 51.6 Å². The molecule has 0 fully saturated rings. The number of ether oxygens (including phenoxy) is 6. The molecule has 0 atom stereocenters. The molecule has 0 unspecified atom stereocenters. The van der Waals surface area contributed by atoms with E-state index in [0.717, 1.165) is 0 Å². The second-order valence-electron chi connectivity index (χ2n) is 9.69. The Bertz CT molecular complexity index is 1490. The number of hydrogen-bond acceptors (Lipinski definition) is 12. The van der Waals surface area contributed by atoms with Crippen LogP contribution in [0.3, 0.4) is 0 Å². The van der Waals surface area contributed by atoms with Gasteiger partial charge in [0.05, 0.1) is 22.3 Å². The molecule has 0 N–H and O–H groups in total. The molecule has 262 valence electrons. The second-order valence-corrected chi connectivity index (χ2v) is 9.69. The summed E-state index contributed by atoms with van der Waals surface area (Å²) < 4.78 is 28.9. The SMILES string of the molecule is CC(=O)OCCOC(=O)c1ccccc1.CC(=O)OCCOC(=O)c1ccccc1.O=C(OCCOC(=O)c1ccccc1)c1ccccc1. The minimum Gasteiger partial charge on any atom is -0.462 e. The molecule has 0 aliphatic heterocycles. The molecule has 0 saturated carbocycles. The molecule has 0 heterocycles. The summed E-state index contributed by atoms with van der Waals surface area (Å²) in [4.78, 5) is 66.6. The van der Waals surface area contributed by atoms with E-state index in [1.165, 1.54) is 13.8 Å². The predicted octanol–water partition coefficient (Wildman–Crippen LogP) is 5.51. The first kappa shape index (κ1) is 39.9. The van der Waals surface area contributed by atoms with E-state index in [0.29, 0.717) is 22.3 Å². The van der Waals surface area contributed by atoms with Gasteiger partial charge in [-0.3, -0.25) is 9.59 Å². The minimum absolute atomic E-state index is 0.0340. The maximum atomic E-state index is 11.6. The first-order valence-electron chi connectivity index (χ1n) is 15.3. The molecule has 0 aliphatic rings. The summed E-state index contributed by atoms with van der Waals surface area (Å²) in [6, 6.07) is 34.6. The van der Waals surface area contributed by atoms with Gasteiger partial charge in [-0.2, -0.15) is 0 Å². The lowest BCUT2D eigenvalue weighted by Crippen LogP contribution is -2.14. The van der Waals surface area contributed by atoms with Gasteiger partial charge in [0, 0.05) is 13.8 Å². The molecule has 4 aromatic rings. The van der Waals surface area contributed by atoms with Crippen LogP contribution in [0, 0.1) is 0 Å². The zero-order valence-electron chi connectivity index (χ0n) is 27.7. The molecule has 50 heavy (non-hydrogen) atoms. The Morgan fingerprint density at radius 1 is 0.320 bits per heavy atom. The molecule has 0 aromatic heterocycles. The van der Waals surface area contributed by atoms with Crippen LogP contribution in [0.4, 0.5) is 0 Å². The van der Waals surface area contributed by atoms with Crippen LogP contribution >= 0.6 is 0 Å². The van der Waals surface area contributed by atoms with E-state index in [9.17, 15) is 28.8 Å². The van der Waals surface area contributed by atoms with Gasteiger partial charge < -0.3 is 28.4 Å². The monoisotopic (exact) mass is 686 g/mol. The molecule has 0 aliphatic carbocycles. The van der Waals surface area contributed by atoms with Crippen LogP contribution in [-0.4, -0.2) is 75.5 Å². The van der Waals surface area contributed by atoms with Gasteiger partial charge in [0.1, 0.15) is 39.6 Å². The third-order valence-corrected chi connectivity index (χ3v) is 5.83. The van der Waals surface area contributed by atoms with Crippen LogP contribution in [0.5, 0.6) is 0 Å². The molecule has 0 spiro atoms. The van der Waals surface area contributed by atoms with Crippen molar-refractivity contribution in [1.29, 1.82) is 0 Å². The first-order chi connectivity index (χ1) is 24.2. The Labute approximate surface area is 289 Å². The number of hydrogen-bond donors (Lipinski definition) is 0. The van der Waals surface area contributed by atoms with Gasteiger partial charge in [0.15, 0.2) is 0 Å². The van der Waals surface area contributed by atoms with Gasteiger partial charge >= 0.3 is 35.8 Å². The summed E-state index contributed by atoms with van der Waals surface area (Å²) in [7, 11) is 0. The third-order valence-electron chi connectivity index (χ3n) is 5.83. The van der Waals surface area contributed by atoms with Crippen molar-refractivity contribution in [2.75, 3.05) is 39.6 Å². The number of carbonyl (C=O) groups is 6. The summed E-state index contributed by atoms with van der Waals surface area (Å²) in [5.41, 5.74) is 1.92. The molecule has 4 rings (SSSR count). The molecule has 12 nitrogen and oxygen atoms in total. The smallest absolute Gasteiger partial charge is 0.338 e. The fourth-order valence-electron chi connectivity index (χ4n) is 3.54. The van der Waals surface area contributed by atoms with Crippen molar-refractivity contribution < 1.29 is 57.2 Å². The topological polar surface area (TPSA) is 158 Å². The van der Waals surface area contributed by atoms with E-state index >= 15 is 0 Å². The number of esters is 6. The third kappa shape index (κ3) is 17.6. The molecule has 4 aromatic carbocycles. The highest BCUT2D eigenvalue weighted by Crippen LogP contribution is 2.04. The summed E-state index contributed by atoms with van der Waals surface area (Å²) in [5.74, 6) is -2.45. The van der Waals surface area contributed by atoms with E-state index in [2.05, 4.69) is 9.47 Å². The summed E-state index contributed by atoms with van der Waals surface area (Å²) >= 11 is 0. The second kappa shape index (κ2) is 23.9. The summed E-state index contributed by atoms with van der Waals surface area (Å²) in [5, 5.41) is 0. The van der Waals surface area contributed by atoms with Crippen molar-refractivity contribution in [3.8, 4) is 0 Å². The molecule has 0 bridgehead atoms. The van der Waals surface area contributed by atoms with E-state index < -0.39 is 23.9 Å². The lowest BCUT2D eigenvalue weighted by molar-refractivity contribution is -0.142. The molecular weight excluding hydrogens is 648 g/mol. The Balaban J connectivity index is 0.000000265. The maximum Gasteiger partial charge on any atom is 0.338 e. The molecule has 0 radical (unpaired) electrons. The predicted molar refractivity (Wildman–Crippen MR) is 180 cm³/mol. The fraction of sp³-hybridized carbons (Fsp3) is 0.211. The zero-order valence-corrected chi connectivity index (χ0v) is 27.7. The Morgan fingerprint density at radius 2 is 0.500 bits per heavy atom. The lowest BCUT2D eigenvalue weighted by Gasteiger charge is -2.06. The van der Waals surface area contributed by atoms with Gasteiger partial charge in [-0.25, -0.2) is 19.2 Å². The molecule has 0 amide bonds. The Kier molecular flexibility index (Phi) is 19.1. The lowest BCUT2D eigenvalue weighted by atomic mass is 10.2. The number of benzene rings is 4. The zero-order chi connectivity index (χ0) is 36.4.